The number of rotatable bonds is 3. The zero-order valence-electron chi connectivity index (χ0n) is 10.7. The molecule has 1 saturated carbocycles. The lowest BCUT2D eigenvalue weighted by Gasteiger charge is -2.51. The number of ether oxygens (including phenoxy) is 1. The summed E-state index contributed by atoms with van der Waals surface area (Å²) in [7, 11) is 3.45. The monoisotopic (exact) mass is 237 g/mol. The van der Waals surface area contributed by atoms with Gasteiger partial charge in [-0.3, -0.25) is 4.79 Å². The van der Waals surface area contributed by atoms with Crippen molar-refractivity contribution in [1.29, 1.82) is 0 Å². The molecule has 0 aliphatic heterocycles. The first kappa shape index (κ1) is 12.1. The van der Waals surface area contributed by atoms with Crippen LogP contribution in [0, 0.1) is 5.41 Å². The summed E-state index contributed by atoms with van der Waals surface area (Å²) in [6, 6.07) is 0.232. The number of aromatic nitrogens is 2. The van der Waals surface area contributed by atoms with Crippen molar-refractivity contribution < 1.29 is 4.74 Å². The summed E-state index contributed by atoms with van der Waals surface area (Å²) in [5.41, 5.74) is -0.0683. The molecule has 94 valence electrons. The third kappa shape index (κ3) is 1.95. The lowest BCUT2D eigenvalue weighted by atomic mass is 9.64. The van der Waals surface area contributed by atoms with E-state index in [9.17, 15) is 4.79 Å². The van der Waals surface area contributed by atoms with Gasteiger partial charge >= 0.3 is 0 Å². The summed E-state index contributed by atoms with van der Waals surface area (Å²) in [6.45, 7) is 4.27. The van der Waals surface area contributed by atoms with E-state index in [4.69, 9.17) is 4.74 Å². The van der Waals surface area contributed by atoms with E-state index in [0.717, 1.165) is 6.42 Å². The summed E-state index contributed by atoms with van der Waals surface area (Å²) >= 11 is 0. The largest absolute Gasteiger partial charge is 0.381 e. The first-order valence-electron chi connectivity index (χ1n) is 5.77. The van der Waals surface area contributed by atoms with Crippen molar-refractivity contribution in [3.63, 3.8) is 0 Å². The fourth-order valence-corrected chi connectivity index (χ4v) is 2.29. The minimum absolute atomic E-state index is 0.0251. The van der Waals surface area contributed by atoms with Gasteiger partial charge in [-0.05, 0) is 6.42 Å². The van der Waals surface area contributed by atoms with E-state index in [2.05, 4.69) is 24.1 Å². The van der Waals surface area contributed by atoms with Crippen LogP contribution < -0.4 is 10.9 Å². The second-order valence-corrected chi connectivity index (χ2v) is 5.17. The van der Waals surface area contributed by atoms with Gasteiger partial charge in [0.1, 0.15) is 0 Å². The first-order chi connectivity index (χ1) is 7.96. The smallest absolute Gasteiger partial charge is 0.293 e. The second kappa shape index (κ2) is 4.14. The molecule has 1 fully saturated rings. The van der Waals surface area contributed by atoms with Gasteiger partial charge in [0.2, 0.25) is 0 Å². The minimum Gasteiger partial charge on any atom is -0.381 e. The fraction of sp³-hybridized carbons (Fsp3) is 0.667. The van der Waals surface area contributed by atoms with Crippen molar-refractivity contribution in [2.24, 2.45) is 12.5 Å². The van der Waals surface area contributed by atoms with E-state index in [-0.39, 0.29) is 23.1 Å². The molecule has 0 bridgehead atoms. The second-order valence-electron chi connectivity index (χ2n) is 5.17. The molecule has 0 aromatic carbocycles. The van der Waals surface area contributed by atoms with E-state index < -0.39 is 0 Å². The predicted molar refractivity (Wildman–Crippen MR) is 66.1 cm³/mol. The van der Waals surface area contributed by atoms with Crippen molar-refractivity contribution in [3.05, 3.63) is 22.7 Å². The van der Waals surface area contributed by atoms with Crippen LogP contribution in [0.4, 0.5) is 5.82 Å². The highest BCUT2D eigenvalue weighted by atomic mass is 16.5. The van der Waals surface area contributed by atoms with E-state index in [1.807, 2.05) is 0 Å². The van der Waals surface area contributed by atoms with E-state index in [0.29, 0.717) is 5.82 Å². The van der Waals surface area contributed by atoms with Gasteiger partial charge in [0, 0.05) is 38.0 Å². The number of hydrogen-bond donors (Lipinski definition) is 1. The maximum atomic E-state index is 11.8. The SMILES string of the molecule is COC1CC(Nc2nccn(C)c2=O)C1(C)C. The third-order valence-electron chi connectivity index (χ3n) is 3.79. The average Bonchev–Trinajstić information content (AvgIpc) is 2.29. The molecule has 2 rings (SSSR count). The molecule has 0 saturated heterocycles. The predicted octanol–water partition coefficient (Wildman–Crippen LogP) is 1.01. The molecule has 1 heterocycles. The molecule has 2 unspecified atom stereocenters. The minimum atomic E-state index is -0.0934. The maximum Gasteiger partial charge on any atom is 0.293 e. The Morgan fingerprint density at radius 1 is 1.59 bits per heavy atom. The molecule has 5 nitrogen and oxygen atoms in total. The van der Waals surface area contributed by atoms with Gasteiger partial charge in [-0.2, -0.15) is 0 Å². The molecule has 0 spiro atoms. The van der Waals surface area contributed by atoms with Gasteiger partial charge in [-0.25, -0.2) is 4.98 Å². The third-order valence-corrected chi connectivity index (χ3v) is 3.79. The summed E-state index contributed by atoms with van der Waals surface area (Å²) < 4.78 is 6.90. The Hall–Kier alpha value is -1.36. The van der Waals surface area contributed by atoms with Crippen LogP contribution >= 0.6 is 0 Å². The highest BCUT2D eigenvalue weighted by Gasteiger charge is 2.48. The molecule has 2 atom stereocenters. The molecule has 1 aliphatic carbocycles. The molecule has 1 aliphatic rings. The van der Waals surface area contributed by atoms with E-state index in [1.54, 1.807) is 26.6 Å². The van der Waals surface area contributed by atoms with Crippen molar-refractivity contribution in [2.45, 2.75) is 32.4 Å². The van der Waals surface area contributed by atoms with Gasteiger partial charge in [-0.1, -0.05) is 13.8 Å². The van der Waals surface area contributed by atoms with Crippen molar-refractivity contribution >= 4 is 5.82 Å². The molecule has 5 heteroatoms. The van der Waals surface area contributed by atoms with Gasteiger partial charge in [0.25, 0.3) is 5.56 Å². The summed E-state index contributed by atoms with van der Waals surface area (Å²) in [5, 5.41) is 3.22. The maximum absolute atomic E-state index is 11.8. The van der Waals surface area contributed by atoms with Gasteiger partial charge in [0.05, 0.1) is 6.10 Å². The van der Waals surface area contributed by atoms with Crippen LogP contribution in [0.25, 0.3) is 0 Å². The molecule has 17 heavy (non-hydrogen) atoms. The Labute approximate surface area is 101 Å². The Morgan fingerprint density at radius 2 is 2.29 bits per heavy atom. The Kier molecular flexibility index (Phi) is 2.95. The van der Waals surface area contributed by atoms with Gasteiger partial charge in [0.15, 0.2) is 5.82 Å². The number of methoxy groups -OCH3 is 1. The Morgan fingerprint density at radius 3 is 2.88 bits per heavy atom. The number of aryl methyl sites for hydroxylation is 1. The van der Waals surface area contributed by atoms with E-state index >= 15 is 0 Å². The number of anilines is 1. The highest BCUT2D eigenvalue weighted by molar-refractivity contribution is 5.35. The van der Waals surface area contributed by atoms with Crippen LogP contribution in [0.15, 0.2) is 17.2 Å². The van der Waals surface area contributed by atoms with Crippen molar-refractivity contribution in [2.75, 3.05) is 12.4 Å². The average molecular weight is 237 g/mol. The Bertz CT molecular complexity index is 467. The quantitative estimate of drug-likeness (QED) is 0.852. The van der Waals surface area contributed by atoms with Crippen LogP contribution in [-0.2, 0) is 11.8 Å². The number of nitrogens with zero attached hydrogens (tertiary/aromatic N) is 2. The summed E-state index contributed by atoms with van der Waals surface area (Å²) in [4.78, 5) is 15.9. The number of hydrogen-bond acceptors (Lipinski definition) is 4. The molecular formula is C12H19N3O2. The lowest BCUT2D eigenvalue weighted by Crippen LogP contribution is -2.58. The summed E-state index contributed by atoms with van der Waals surface area (Å²) in [6.07, 6.45) is 4.43. The molecule has 1 N–H and O–H groups in total. The topological polar surface area (TPSA) is 56.1 Å². The first-order valence-corrected chi connectivity index (χ1v) is 5.77. The molecular weight excluding hydrogens is 218 g/mol. The Balaban J connectivity index is 2.14. The standard InChI is InChI=1S/C12H19N3O2/c1-12(2)8(7-9(12)17-4)14-10-11(16)15(3)6-5-13-10/h5-6,8-9H,7H2,1-4H3,(H,13,14). The van der Waals surface area contributed by atoms with Crippen molar-refractivity contribution in [3.8, 4) is 0 Å². The molecule has 0 amide bonds. The zero-order valence-corrected chi connectivity index (χ0v) is 10.7. The van der Waals surface area contributed by atoms with Crippen LogP contribution in [-0.4, -0.2) is 28.8 Å². The normalized spacial score (nSPS) is 26.4. The van der Waals surface area contributed by atoms with Gasteiger partial charge in [-0.15, -0.1) is 0 Å². The van der Waals surface area contributed by atoms with Crippen LogP contribution in [0.3, 0.4) is 0 Å². The highest BCUT2D eigenvalue weighted by Crippen LogP contribution is 2.43. The number of nitrogens with one attached hydrogen (secondary N) is 1. The molecule has 1 aromatic rings. The summed E-state index contributed by atoms with van der Waals surface area (Å²) in [5.74, 6) is 0.419. The van der Waals surface area contributed by atoms with Crippen LogP contribution in [0.2, 0.25) is 0 Å². The molecule has 0 radical (unpaired) electrons. The lowest BCUT2D eigenvalue weighted by molar-refractivity contribution is -0.0796. The zero-order chi connectivity index (χ0) is 12.6. The van der Waals surface area contributed by atoms with Crippen LogP contribution in [0.5, 0.6) is 0 Å². The van der Waals surface area contributed by atoms with Gasteiger partial charge < -0.3 is 14.6 Å². The van der Waals surface area contributed by atoms with Crippen LogP contribution in [0.1, 0.15) is 20.3 Å². The fourth-order valence-electron chi connectivity index (χ4n) is 2.29. The van der Waals surface area contributed by atoms with E-state index in [1.165, 1.54) is 4.57 Å². The molecule has 1 aromatic heterocycles. The van der Waals surface area contributed by atoms with Crippen molar-refractivity contribution in [1.82, 2.24) is 9.55 Å².